The number of amides is 1. The van der Waals surface area contributed by atoms with Crippen LogP contribution in [0.5, 0.6) is 0 Å². The lowest BCUT2D eigenvalue weighted by Gasteiger charge is -2.29. The van der Waals surface area contributed by atoms with Crippen molar-refractivity contribution < 1.29 is 4.79 Å². The summed E-state index contributed by atoms with van der Waals surface area (Å²) in [7, 11) is 4.09. The van der Waals surface area contributed by atoms with Crippen LogP contribution in [0.1, 0.15) is 24.5 Å². The van der Waals surface area contributed by atoms with Crippen molar-refractivity contribution in [2.75, 3.05) is 27.2 Å². The molecule has 0 spiro atoms. The molecule has 0 saturated heterocycles. The molecule has 2 aromatic rings. The Kier molecular flexibility index (Phi) is 6.56. The summed E-state index contributed by atoms with van der Waals surface area (Å²) in [5, 5.41) is 3.13. The van der Waals surface area contributed by atoms with E-state index in [0.717, 1.165) is 18.5 Å². The molecule has 2 aromatic carbocycles. The fraction of sp³-hybridized carbons (Fsp3) is 0.381. The second kappa shape index (κ2) is 8.65. The average Bonchev–Trinajstić information content (AvgIpc) is 2.60. The van der Waals surface area contributed by atoms with Gasteiger partial charge in [-0.1, -0.05) is 60.7 Å². The fourth-order valence-corrected chi connectivity index (χ4v) is 2.92. The minimum atomic E-state index is -0.569. The maximum atomic E-state index is 13.0. The number of carbonyl (C=O) groups excluding carboxylic acids is 1. The normalized spacial score (nSPS) is 13.5. The zero-order valence-corrected chi connectivity index (χ0v) is 15.0. The van der Waals surface area contributed by atoms with Gasteiger partial charge in [0.1, 0.15) is 0 Å². The molecule has 1 N–H and O–H groups in total. The Labute approximate surface area is 145 Å². The maximum absolute atomic E-state index is 13.0. The highest BCUT2D eigenvalue weighted by Gasteiger charge is 2.35. The van der Waals surface area contributed by atoms with E-state index in [-0.39, 0.29) is 5.91 Å². The topological polar surface area (TPSA) is 32.3 Å². The number of carbonyl (C=O) groups is 1. The maximum Gasteiger partial charge on any atom is 0.230 e. The zero-order chi connectivity index (χ0) is 17.4. The molecule has 3 nitrogen and oxygen atoms in total. The van der Waals surface area contributed by atoms with Crippen LogP contribution in [0.4, 0.5) is 0 Å². The molecule has 3 heteroatoms. The van der Waals surface area contributed by atoms with Gasteiger partial charge in [-0.25, -0.2) is 0 Å². The monoisotopic (exact) mass is 324 g/mol. The first kappa shape index (κ1) is 18.2. The lowest BCUT2D eigenvalue weighted by Crippen LogP contribution is -2.44. The largest absolute Gasteiger partial charge is 0.355 e. The second-order valence-corrected chi connectivity index (χ2v) is 6.77. The number of nitrogens with one attached hydrogen (secondary N) is 1. The quantitative estimate of drug-likeness (QED) is 0.756. The van der Waals surface area contributed by atoms with Crippen LogP contribution in [0, 0.1) is 0 Å². The third-order valence-corrected chi connectivity index (χ3v) is 4.38. The van der Waals surface area contributed by atoms with Gasteiger partial charge in [0.2, 0.25) is 5.91 Å². The SMILES string of the molecule is CN(C)CCCNC(=O)C(C)(Cc1ccccc1)c1ccccc1. The molecule has 1 unspecified atom stereocenters. The summed E-state index contributed by atoms with van der Waals surface area (Å²) in [5.74, 6) is 0.0938. The van der Waals surface area contributed by atoms with E-state index in [0.29, 0.717) is 13.0 Å². The van der Waals surface area contributed by atoms with Crippen molar-refractivity contribution in [1.82, 2.24) is 10.2 Å². The summed E-state index contributed by atoms with van der Waals surface area (Å²) >= 11 is 0. The molecule has 0 aliphatic carbocycles. The molecular weight excluding hydrogens is 296 g/mol. The highest BCUT2D eigenvalue weighted by Crippen LogP contribution is 2.28. The Balaban J connectivity index is 2.15. The van der Waals surface area contributed by atoms with E-state index < -0.39 is 5.41 Å². The van der Waals surface area contributed by atoms with Crippen LogP contribution in [-0.2, 0) is 16.6 Å². The van der Waals surface area contributed by atoms with Crippen LogP contribution in [0.15, 0.2) is 60.7 Å². The van der Waals surface area contributed by atoms with E-state index >= 15 is 0 Å². The molecule has 128 valence electrons. The molecule has 1 atom stereocenters. The van der Waals surface area contributed by atoms with Gasteiger partial charge in [-0.05, 0) is 51.5 Å². The fourth-order valence-electron chi connectivity index (χ4n) is 2.92. The molecule has 0 saturated carbocycles. The lowest BCUT2D eigenvalue weighted by molar-refractivity contribution is -0.126. The summed E-state index contributed by atoms with van der Waals surface area (Å²) in [6, 6.07) is 20.3. The predicted molar refractivity (Wildman–Crippen MR) is 100 cm³/mol. The molecule has 1 amide bonds. The first-order valence-electron chi connectivity index (χ1n) is 8.55. The van der Waals surface area contributed by atoms with E-state index in [1.807, 2.05) is 69.6 Å². The van der Waals surface area contributed by atoms with Crippen molar-refractivity contribution >= 4 is 5.91 Å². The summed E-state index contributed by atoms with van der Waals surface area (Å²) in [5.41, 5.74) is 1.66. The summed E-state index contributed by atoms with van der Waals surface area (Å²) in [6.07, 6.45) is 1.65. The van der Waals surface area contributed by atoms with Gasteiger partial charge in [-0.2, -0.15) is 0 Å². The Morgan fingerprint density at radius 2 is 1.58 bits per heavy atom. The molecule has 0 aliphatic heterocycles. The van der Waals surface area contributed by atoms with Crippen LogP contribution >= 0.6 is 0 Å². The van der Waals surface area contributed by atoms with Crippen LogP contribution < -0.4 is 5.32 Å². The van der Waals surface area contributed by atoms with Gasteiger partial charge in [0.05, 0.1) is 5.41 Å². The van der Waals surface area contributed by atoms with E-state index in [1.54, 1.807) is 0 Å². The summed E-state index contributed by atoms with van der Waals surface area (Å²) in [4.78, 5) is 15.1. The first-order chi connectivity index (χ1) is 11.5. The molecule has 0 bridgehead atoms. The van der Waals surface area contributed by atoms with Crippen molar-refractivity contribution in [3.8, 4) is 0 Å². The zero-order valence-electron chi connectivity index (χ0n) is 15.0. The highest BCUT2D eigenvalue weighted by atomic mass is 16.2. The molecular formula is C21H28N2O. The average molecular weight is 324 g/mol. The van der Waals surface area contributed by atoms with Crippen LogP contribution in [0.3, 0.4) is 0 Å². The van der Waals surface area contributed by atoms with Gasteiger partial charge < -0.3 is 10.2 Å². The lowest BCUT2D eigenvalue weighted by atomic mass is 9.76. The number of hydrogen-bond donors (Lipinski definition) is 1. The van der Waals surface area contributed by atoms with Crippen LogP contribution in [0.25, 0.3) is 0 Å². The number of benzene rings is 2. The van der Waals surface area contributed by atoms with Crippen molar-refractivity contribution in [1.29, 1.82) is 0 Å². The molecule has 0 radical (unpaired) electrons. The molecule has 0 aromatic heterocycles. The smallest absolute Gasteiger partial charge is 0.230 e. The minimum Gasteiger partial charge on any atom is -0.355 e. The highest BCUT2D eigenvalue weighted by molar-refractivity contribution is 5.88. The minimum absolute atomic E-state index is 0.0938. The van der Waals surface area contributed by atoms with E-state index in [2.05, 4.69) is 22.3 Å². The van der Waals surface area contributed by atoms with Crippen LogP contribution in [-0.4, -0.2) is 38.0 Å². The Morgan fingerprint density at radius 1 is 1.00 bits per heavy atom. The molecule has 0 fully saturated rings. The van der Waals surface area contributed by atoms with Crippen molar-refractivity contribution in [2.24, 2.45) is 0 Å². The first-order valence-corrected chi connectivity index (χ1v) is 8.55. The van der Waals surface area contributed by atoms with Gasteiger partial charge in [-0.15, -0.1) is 0 Å². The number of nitrogens with zero attached hydrogens (tertiary/aromatic N) is 1. The number of hydrogen-bond acceptors (Lipinski definition) is 2. The van der Waals surface area contributed by atoms with Gasteiger partial charge >= 0.3 is 0 Å². The molecule has 0 heterocycles. The summed E-state index contributed by atoms with van der Waals surface area (Å²) < 4.78 is 0. The second-order valence-electron chi connectivity index (χ2n) is 6.77. The van der Waals surface area contributed by atoms with Gasteiger partial charge in [0, 0.05) is 6.54 Å². The van der Waals surface area contributed by atoms with Gasteiger partial charge in [-0.3, -0.25) is 4.79 Å². The molecule has 2 rings (SSSR count). The standard InChI is InChI=1S/C21H28N2O/c1-21(19-13-8-5-9-14-19,17-18-11-6-4-7-12-18)20(24)22-15-10-16-23(2)3/h4-9,11-14H,10,15-17H2,1-3H3,(H,22,24). The van der Waals surface area contributed by atoms with Crippen molar-refractivity contribution in [3.05, 3.63) is 71.8 Å². The van der Waals surface area contributed by atoms with E-state index in [9.17, 15) is 4.79 Å². The number of rotatable bonds is 8. The third-order valence-electron chi connectivity index (χ3n) is 4.38. The van der Waals surface area contributed by atoms with Crippen molar-refractivity contribution in [2.45, 2.75) is 25.2 Å². The van der Waals surface area contributed by atoms with Gasteiger partial charge in [0.25, 0.3) is 0 Å². The Bertz CT molecular complexity index is 625. The van der Waals surface area contributed by atoms with Crippen LogP contribution in [0.2, 0.25) is 0 Å². The Hall–Kier alpha value is -2.13. The van der Waals surface area contributed by atoms with Gasteiger partial charge in [0.15, 0.2) is 0 Å². The summed E-state index contributed by atoms with van der Waals surface area (Å²) in [6.45, 7) is 3.71. The Morgan fingerprint density at radius 3 is 2.17 bits per heavy atom. The molecule has 0 aliphatic rings. The third kappa shape index (κ3) is 4.93. The van der Waals surface area contributed by atoms with E-state index in [1.165, 1.54) is 5.56 Å². The van der Waals surface area contributed by atoms with E-state index in [4.69, 9.17) is 0 Å². The predicted octanol–water partition coefficient (Wildman–Crippen LogP) is 3.25. The molecule has 24 heavy (non-hydrogen) atoms. The van der Waals surface area contributed by atoms with Crippen molar-refractivity contribution in [3.63, 3.8) is 0 Å².